The Kier molecular flexibility index (Phi) is 4.64. The van der Waals surface area contributed by atoms with E-state index in [-0.39, 0.29) is 0 Å². The largest absolute Gasteiger partial charge is 0.496 e. The van der Waals surface area contributed by atoms with Crippen LogP contribution in [0.4, 0.5) is 0 Å². The minimum Gasteiger partial charge on any atom is -0.496 e. The summed E-state index contributed by atoms with van der Waals surface area (Å²) in [6.07, 6.45) is 2.06. The lowest BCUT2D eigenvalue weighted by atomic mass is 9.96. The van der Waals surface area contributed by atoms with Gasteiger partial charge in [-0.15, -0.1) is 0 Å². The van der Waals surface area contributed by atoms with Crippen molar-refractivity contribution in [2.24, 2.45) is 0 Å². The highest BCUT2D eigenvalue weighted by molar-refractivity contribution is 6.30. The van der Waals surface area contributed by atoms with E-state index in [4.69, 9.17) is 20.9 Å². The summed E-state index contributed by atoms with van der Waals surface area (Å²) in [5.41, 5.74) is 1.13. The summed E-state index contributed by atoms with van der Waals surface area (Å²) in [7, 11) is 1.69. The van der Waals surface area contributed by atoms with Gasteiger partial charge >= 0.3 is 0 Å². The molecule has 0 unspecified atom stereocenters. The van der Waals surface area contributed by atoms with Gasteiger partial charge in [0.1, 0.15) is 5.75 Å². The number of ether oxygens (including phenoxy) is 1. The molecule has 1 aliphatic rings. The lowest BCUT2D eigenvalue weighted by molar-refractivity contribution is 0.186. The summed E-state index contributed by atoms with van der Waals surface area (Å²) in [4.78, 5) is 6.76. The van der Waals surface area contributed by atoms with E-state index in [1.807, 2.05) is 25.1 Å². The van der Waals surface area contributed by atoms with Crippen LogP contribution in [0.5, 0.6) is 5.75 Å². The smallest absolute Gasteiger partial charge is 0.229 e. The molecule has 1 aromatic heterocycles. The fourth-order valence-electron chi connectivity index (χ4n) is 2.93. The van der Waals surface area contributed by atoms with Gasteiger partial charge in [-0.3, -0.25) is 4.90 Å². The monoisotopic (exact) mass is 321 g/mol. The van der Waals surface area contributed by atoms with E-state index < -0.39 is 0 Å². The van der Waals surface area contributed by atoms with Gasteiger partial charge in [0.25, 0.3) is 0 Å². The Hall–Kier alpha value is -1.59. The first-order valence-corrected chi connectivity index (χ1v) is 7.88. The van der Waals surface area contributed by atoms with Crippen LogP contribution in [0.2, 0.25) is 5.02 Å². The summed E-state index contributed by atoms with van der Waals surface area (Å²) >= 11 is 6.10. The molecule has 0 saturated carbocycles. The number of piperidine rings is 1. The molecule has 6 heteroatoms. The number of hydrogen-bond donors (Lipinski definition) is 0. The number of hydrogen-bond acceptors (Lipinski definition) is 5. The molecule has 0 atom stereocenters. The first-order chi connectivity index (χ1) is 10.7. The quantitative estimate of drug-likeness (QED) is 0.863. The van der Waals surface area contributed by atoms with Gasteiger partial charge in [0.15, 0.2) is 5.82 Å². The number of benzene rings is 1. The molecule has 2 heterocycles. The number of methoxy groups -OCH3 is 1. The Morgan fingerprint density at radius 3 is 2.77 bits per heavy atom. The summed E-state index contributed by atoms with van der Waals surface area (Å²) in [5.74, 6) is 2.75. The van der Waals surface area contributed by atoms with Crippen LogP contribution in [0.1, 0.15) is 36.0 Å². The molecule has 118 valence electrons. The van der Waals surface area contributed by atoms with Crippen LogP contribution in [0, 0.1) is 6.92 Å². The maximum atomic E-state index is 6.10. The zero-order valence-electron chi connectivity index (χ0n) is 12.9. The summed E-state index contributed by atoms with van der Waals surface area (Å²) < 4.78 is 10.7. The van der Waals surface area contributed by atoms with Gasteiger partial charge in [-0.2, -0.15) is 4.98 Å². The second-order valence-electron chi connectivity index (χ2n) is 5.69. The minimum absolute atomic E-state index is 0.374. The first kappa shape index (κ1) is 15.3. The molecule has 1 saturated heterocycles. The van der Waals surface area contributed by atoms with E-state index in [2.05, 4.69) is 15.0 Å². The fraction of sp³-hybridized carbons (Fsp3) is 0.500. The summed E-state index contributed by atoms with van der Waals surface area (Å²) in [5, 5.41) is 4.62. The van der Waals surface area contributed by atoms with Crippen LogP contribution in [-0.2, 0) is 6.54 Å². The molecule has 1 fully saturated rings. The van der Waals surface area contributed by atoms with Crippen molar-refractivity contribution < 1.29 is 9.26 Å². The van der Waals surface area contributed by atoms with Gasteiger partial charge in [0, 0.05) is 23.0 Å². The third-order valence-electron chi connectivity index (χ3n) is 4.12. The number of nitrogens with zero attached hydrogens (tertiary/aromatic N) is 3. The molecule has 5 nitrogen and oxygen atoms in total. The van der Waals surface area contributed by atoms with Gasteiger partial charge in [-0.1, -0.05) is 16.8 Å². The highest BCUT2D eigenvalue weighted by atomic mass is 35.5. The highest BCUT2D eigenvalue weighted by Gasteiger charge is 2.25. The molecule has 1 aromatic carbocycles. The van der Waals surface area contributed by atoms with Crippen molar-refractivity contribution in [2.45, 2.75) is 32.2 Å². The molecular formula is C16H20ClN3O2. The molecule has 22 heavy (non-hydrogen) atoms. The minimum atomic E-state index is 0.374. The molecule has 0 amide bonds. The molecular weight excluding hydrogens is 302 g/mol. The van der Waals surface area contributed by atoms with Crippen LogP contribution in [0.15, 0.2) is 22.7 Å². The second kappa shape index (κ2) is 6.67. The molecule has 0 bridgehead atoms. The molecule has 0 spiro atoms. The predicted octanol–water partition coefficient (Wildman–Crippen LogP) is 3.42. The fourth-order valence-corrected chi connectivity index (χ4v) is 3.12. The Labute approximate surface area is 135 Å². The average molecular weight is 322 g/mol. The van der Waals surface area contributed by atoms with Crippen molar-refractivity contribution in [1.82, 2.24) is 15.0 Å². The molecule has 0 radical (unpaired) electrons. The Morgan fingerprint density at radius 2 is 2.14 bits per heavy atom. The SMILES string of the molecule is COc1ccc(Cl)cc1CN1CCC(c2nc(C)no2)CC1. The van der Waals surface area contributed by atoms with Crippen molar-refractivity contribution in [3.8, 4) is 5.75 Å². The topological polar surface area (TPSA) is 51.4 Å². The van der Waals surface area contributed by atoms with Crippen LogP contribution in [-0.4, -0.2) is 35.2 Å². The highest BCUT2D eigenvalue weighted by Crippen LogP contribution is 2.29. The van der Waals surface area contributed by atoms with Crippen LogP contribution in [0.25, 0.3) is 0 Å². The summed E-state index contributed by atoms with van der Waals surface area (Å²) in [6.45, 7) is 4.70. The number of rotatable bonds is 4. The van der Waals surface area contributed by atoms with Crippen LogP contribution < -0.4 is 4.74 Å². The van der Waals surface area contributed by atoms with E-state index in [0.717, 1.165) is 54.7 Å². The third-order valence-corrected chi connectivity index (χ3v) is 4.35. The molecule has 2 aromatic rings. The third kappa shape index (κ3) is 3.42. The molecule has 1 aliphatic heterocycles. The standard InChI is InChI=1S/C16H20ClN3O2/c1-11-18-16(22-19-11)12-5-7-20(8-6-12)10-13-9-14(17)3-4-15(13)21-2/h3-4,9,12H,5-8,10H2,1-2H3. The van der Waals surface area contributed by atoms with E-state index in [1.54, 1.807) is 7.11 Å². The zero-order chi connectivity index (χ0) is 15.5. The second-order valence-corrected chi connectivity index (χ2v) is 6.12. The van der Waals surface area contributed by atoms with Crippen molar-refractivity contribution in [2.75, 3.05) is 20.2 Å². The Morgan fingerprint density at radius 1 is 1.36 bits per heavy atom. The van der Waals surface area contributed by atoms with E-state index in [1.165, 1.54) is 0 Å². The van der Waals surface area contributed by atoms with Gasteiger partial charge < -0.3 is 9.26 Å². The van der Waals surface area contributed by atoms with Crippen molar-refractivity contribution >= 4 is 11.6 Å². The Bertz CT molecular complexity index is 636. The molecule has 3 rings (SSSR count). The predicted molar refractivity (Wildman–Crippen MR) is 84.3 cm³/mol. The van der Waals surface area contributed by atoms with Gasteiger partial charge in [0.2, 0.25) is 5.89 Å². The summed E-state index contributed by atoms with van der Waals surface area (Å²) in [6, 6.07) is 5.76. The van der Waals surface area contributed by atoms with Gasteiger partial charge in [-0.25, -0.2) is 0 Å². The molecule has 0 N–H and O–H groups in total. The Balaban J connectivity index is 1.61. The van der Waals surface area contributed by atoms with Crippen molar-refractivity contribution in [3.05, 3.63) is 40.5 Å². The van der Waals surface area contributed by atoms with Crippen LogP contribution in [0.3, 0.4) is 0 Å². The maximum Gasteiger partial charge on any atom is 0.229 e. The van der Waals surface area contributed by atoms with Crippen LogP contribution >= 0.6 is 11.6 Å². The number of aryl methyl sites for hydroxylation is 1. The number of halogens is 1. The van der Waals surface area contributed by atoms with E-state index in [9.17, 15) is 0 Å². The first-order valence-electron chi connectivity index (χ1n) is 7.50. The van der Waals surface area contributed by atoms with Crippen molar-refractivity contribution in [3.63, 3.8) is 0 Å². The number of aromatic nitrogens is 2. The van der Waals surface area contributed by atoms with E-state index >= 15 is 0 Å². The van der Waals surface area contributed by atoms with Gasteiger partial charge in [0.05, 0.1) is 7.11 Å². The average Bonchev–Trinajstić information content (AvgIpc) is 2.95. The molecule has 0 aliphatic carbocycles. The van der Waals surface area contributed by atoms with E-state index in [0.29, 0.717) is 11.7 Å². The zero-order valence-corrected chi connectivity index (χ0v) is 13.6. The maximum absolute atomic E-state index is 6.10. The van der Waals surface area contributed by atoms with Gasteiger partial charge in [-0.05, 0) is 51.1 Å². The normalized spacial score (nSPS) is 16.9. The lowest BCUT2D eigenvalue weighted by Crippen LogP contribution is -2.32. The van der Waals surface area contributed by atoms with Crippen molar-refractivity contribution in [1.29, 1.82) is 0 Å². The lowest BCUT2D eigenvalue weighted by Gasteiger charge is -2.30. The number of likely N-dealkylation sites (tertiary alicyclic amines) is 1.